The lowest BCUT2D eigenvalue weighted by Gasteiger charge is -2.21. The van der Waals surface area contributed by atoms with E-state index < -0.39 is 12.0 Å². The summed E-state index contributed by atoms with van der Waals surface area (Å²) in [6.45, 7) is 1.63. The van der Waals surface area contributed by atoms with Crippen molar-refractivity contribution in [2.24, 2.45) is 5.92 Å². The van der Waals surface area contributed by atoms with Crippen molar-refractivity contribution in [3.63, 3.8) is 0 Å². The minimum Gasteiger partial charge on any atom is -0.480 e. The van der Waals surface area contributed by atoms with Gasteiger partial charge in [-0.2, -0.15) is 0 Å². The van der Waals surface area contributed by atoms with Crippen molar-refractivity contribution in [2.45, 2.75) is 44.6 Å². The molecule has 0 bridgehead atoms. The van der Waals surface area contributed by atoms with Crippen molar-refractivity contribution in [1.29, 1.82) is 0 Å². The van der Waals surface area contributed by atoms with Gasteiger partial charge in [0, 0.05) is 26.1 Å². The summed E-state index contributed by atoms with van der Waals surface area (Å²) in [5, 5.41) is 11.9. The Labute approximate surface area is 137 Å². The van der Waals surface area contributed by atoms with Crippen molar-refractivity contribution < 1.29 is 19.4 Å². The van der Waals surface area contributed by atoms with E-state index in [1.54, 1.807) is 0 Å². The van der Waals surface area contributed by atoms with Crippen LogP contribution in [0.25, 0.3) is 0 Å². The van der Waals surface area contributed by atoms with Crippen LogP contribution in [0.3, 0.4) is 0 Å². The van der Waals surface area contributed by atoms with E-state index in [2.05, 4.69) is 5.32 Å². The van der Waals surface area contributed by atoms with Crippen LogP contribution in [0.15, 0.2) is 30.3 Å². The molecule has 0 radical (unpaired) electrons. The zero-order valence-corrected chi connectivity index (χ0v) is 13.4. The molecule has 1 aromatic rings. The molecule has 1 aliphatic rings. The highest BCUT2D eigenvalue weighted by Gasteiger charge is 2.20. The summed E-state index contributed by atoms with van der Waals surface area (Å²) in [7, 11) is 0. The highest BCUT2D eigenvalue weighted by Crippen LogP contribution is 2.20. The van der Waals surface area contributed by atoms with E-state index in [1.807, 2.05) is 30.3 Å². The molecule has 5 heteroatoms. The van der Waals surface area contributed by atoms with Crippen LogP contribution in [-0.4, -0.2) is 36.2 Å². The SMILES string of the molecule is O=C(CCCC1CCOCC1)NC(Cc1ccccc1)C(=O)O. The van der Waals surface area contributed by atoms with Gasteiger partial charge in [-0.05, 0) is 37.2 Å². The van der Waals surface area contributed by atoms with Crippen molar-refractivity contribution in [3.05, 3.63) is 35.9 Å². The third kappa shape index (κ3) is 6.40. The summed E-state index contributed by atoms with van der Waals surface area (Å²) in [4.78, 5) is 23.3. The largest absolute Gasteiger partial charge is 0.480 e. The van der Waals surface area contributed by atoms with Crippen LogP contribution < -0.4 is 5.32 Å². The molecule has 1 heterocycles. The number of carboxylic acid groups (broad SMARTS) is 1. The zero-order valence-electron chi connectivity index (χ0n) is 13.4. The van der Waals surface area contributed by atoms with Gasteiger partial charge in [0.1, 0.15) is 6.04 Å². The minimum atomic E-state index is -0.994. The molecule has 1 saturated heterocycles. The number of rotatable bonds is 8. The summed E-state index contributed by atoms with van der Waals surface area (Å²) in [6.07, 6.45) is 4.62. The van der Waals surface area contributed by atoms with Crippen LogP contribution in [-0.2, 0) is 20.7 Å². The summed E-state index contributed by atoms with van der Waals surface area (Å²) in [6, 6.07) is 8.48. The molecule has 0 aliphatic carbocycles. The molecule has 1 atom stereocenters. The standard InChI is InChI=1S/C18H25NO4/c20-17(8-4-7-14-9-11-23-12-10-14)19-16(18(21)22)13-15-5-2-1-3-6-15/h1-3,5-6,14,16H,4,7-13H2,(H,19,20)(H,21,22). The summed E-state index contributed by atoms with van der Waals surface area (Å²) in [5.74, 6) is -0.539. The van der Waals surface area contributed by atoms with Gasteiger partial charge in [-0.1, -0.05) is 30.3 Å². The smallest absolute Gasteiger partial charge is 0.326 e. The van der Waals surface area contributed by atoms with Crippen molar-refractivity contribution in [1.82, 2.24) is 5.32 Å². The first-order chi connectivity index (χ1) is 11.1. The van der Waals surface area contributed by atoms with E-state index in [-0.39, 0.29) is 5.91 Å². The predicted molar refractivity (Wildman–Crippen MR) is 87.1 cm³/mol. The number of hydrogen-bond donors (Lipinski definition) is 2. The van der Waals surface area contributed by atoms with Crippen LogP contribution >= 0.6 is 0 Å². The topological polar surface area (TPSA) is 75.6 Å². The number of ether oxygens (including phenoxy) is 1. The molecule has 1 fully saturated rings. The van der Waals surface area contributed by atoms with Gasteiger partial charge in [0.15, 0.2) is 0 Å². The highest BCUT2D eigenvalue weighted by atomic mass is 16.5. The average molecular weight is 319 g/mol. The van der Waals surface area contributed by atoms with E-state index in [0.29, 0.717) is 18.8 Å². The van der Waals surface area contributed by atoms with Gasteiger partial charge in [-0.3, -0.25) is 4.79 Å². The number of amides is 1. The fraction of sp³-hybridized carbons (Fsp3) is 0.556. The maximum Gasteiger partial charge on any atom is 0.326 e. The second kappa shape index (κ2) is 9.30. The maximum atomic E-state index is 12.0. The molecule has 0 saturated carbocycles. The fourth-order valence-electron chi connectivity index (χ4n) is 2.90. The van der Waals surface area contributed by atoms with E-state index in [4.69, 9.17) is 4.74 Å². The van der Waals surface area contributed by atoms with Crippen LogP contribution in [0.2, 0.25) is 0 Å². The fourth-order valence-corrected chi connectivity index (χ4v) is 2.90. The molecule has 1 unspecified atom stereocenters. The highest BCUT2D eigenvalue weighted by molar-refractivity contribution is 5.83. The second-order valence-electron chi connectivity index (χ2n) is 6.10. The van der Waals surface area contributed by atoms with E-state index in [1.165, 1.54) is 0 Å². The van der Waals surface area contributed by atoms with Gasteiger partial charge >= 0.3 is 5.97 Å². The maximum absolute atomic E-state index is 12.0. The molecular formula is C18H25NO4. The lowest BCUT2D eigenvalue weighted by Crippen LogP contribution is -2.42. The molecule has 23 heavy (non-hydrogen) atoms. The van der Waals surface area contributed by atoms with Crippen molar-refractivity contribution in [2.75, 3.05) is 13.2 Å². The lowest BCUT2D eigenvalue weighted by atomic mass is 9.94. The van der Waals surface area contributed by atoms with Crippen molar-refractivity contribution in [3.8, 4) is 0 Å². The molecule has 0 aromatic heterocycles. The Kier molecular flexibility index (Phi) is 7.07. The molecule has 2 rings (SSSR count). The van der Waals surface area contributed by atoms with Crippen molar-refractivity contribution >= 4 is 11.9 Å². The van der Waals surface area contributed by atoms with E-state index >= 15 is 0 Å². The van der Waals surface area contributed by atoms with E-state index in [9.17, 15) is 14.7 Å². The van der Waals surface area contributed by atoms with E-state index in [0.717, 1.165) is 44.5 Å². The molecule has 1 amide bonds. The Morgan fingerprint density at radius 2 is 1.91 bits per heavy atom. The third-order valence-electron chi connectivity index (χ3n) is 4.27. The van der Waals surface area contributed by atoms with Gasteiger partial charge in [0.05, 0.1) is 0 Å². The first kappa shape index (κ1) is 17.5. The zero-order chi connectivity index (χ0) is 16.5. The first-order valence-electron chi connectivity index (χ1n) is 8.29. The predicted octanol–water partition coefficient (Wildman–Crippen LogP) is 2.40. The van der Waals surface area contributed by atoms with Gasteiger partial charge in [-0.15, -0.1) is 0 Å². The molecule has 2 N–H and O–H groups in total. The monoisotopic (exact) mass is 319 g/mol. The molecule has 1 aliphatic heterocycles. The quantitative estimate of drug-likeness (QED) is 0.771. The summed E-state index contributed by atoms with van der Waals surface area (Å²) < 4.78 is 5.32. The van der Waals surface area contributed by atoms with Gasteiger partial charge in [0.2, 0.25) is 5.91 Å². The molecule has 5 nitrogen and oxygen atoms in total. The van der Waals surface area contributed by atoms with Crippen LogP contribution in [0.1, 0.15) is 37.7 Å². The van der Waals surface area contributed by atoms with Gasteiger partial charge in [0.25, 0.3) is 0 Å². The first-order valence-corrected chi connectivity index (χ1v) is 8.29. The van der Waals surface area contributed by atoms with Crippen LogP contribution in [0.4, 0.5) is 0 Å². The molecule has 126 valence electrons. The Bertz CT molecular complexity index is 497. The number of nitrogens with one attached hydrogen (secondary N) is 1. The lowest BCUT2D eigenvalue weighted by molar-refractivity contribution is -0.141. The van der Waals surface area contributed by atoms with Gasteiger partial charge < -0.3 is 15.2 Å². The normalized spacial score (nSPS) is 16.7. The Morgan fingerprint density at radius 1 is 1.22 bits per heavy atom. The van der Waals surface area contributed by atoms with Crippen LogP contribution in [0.5, 0.6) is 0 Å². The number of hydrogen-bond acceptors (Lipinski definition) is 3. The number of benzene rings is 1. The Balaban J connectivity index is 1.73. The second-order valence-corrected chi connectivity index (χ2v) is 6.10. The average Bonchev–Trinajstić information content (AvgIpc) is 2.56. The number of carbonyl (C=O) groups excluding carboxylic acids is 1. The van der Waals surface area contributed by atoms with Crippen LogP contribution in [0, 0.1) is 5.92 Å². The molecule has 0 spiro atoms. The number of aliphatic carboxylic acids is 1. The number of carboxylic acids is 1. The number of carbonyl (C=O) groups is 2. The van der Waals surface area contributed by atoms with Gasteiger partial charge in [-0.25, -0.2) is 4.79 Å². The minimum absolute atomic E-state index is 0.180. The molecule has 1 aromatic carbocycles. The summed E-state index contributed by atoms with van der Waals surface area (Å²) in [5.41, 5.74) is 0.905. The third-order valence-corrected chi connectivity index (χ3v) is 4.27. The Hall–Kier alpha value is -1.88. The Morgan fingerprint density at radius 3 is 2.57 bits per heavy atom. The summed E-state index contributed by atoms with van der Waals surface area (Å²) >= 11 is 0. The molecular weight excluding hydrogens is 294 g/mol.